The number of carbonyl (C=O) groups is 3. The van der Waals surface area contributed by atoms with E-state index in [9.17, 15) is 18.8 Å². The van der Waals surface area contributed by atoms with E-state index < -0.39 is 17.9 Å². The van der Waals surface area contributed by atoms with E-state index in [0.717, 1.165) is 24.3 Å². The van der Waals surface area contributed by atoms with Crippen LogP contribution in [0.1, 0.15) is 18.9 Å². The number of halogens is 1. The molecule has 2 saturated heterocycles. The van der Waals surface area contributed by atoms with Gasteiger partial charge in [-0.25, -0.2) is 4.39 Å². The molecular weight excluding hydrogens is 423 g/mol. The fourth-order valence-corrected chi connectivity index (χ4v) is 4.51. The lowest BCUT2D eigenvalue weighted by atomic mass is 10.1. The number of rotatable bonds is 6. The number of para-hydroxylation sites is 1. The fourth-order valence-electron chi connectivity index (χ4n) is 4.51. The van der Waals surface area contributed by atoms with Crippen molar-refractivity contribution in [2.24, 2.45) is 0 Å². The van der Waals surface area contributed by atoms with Gasteiger partial charge in [0.2, 0.25) is 5.91 Å². The third kappa shape index (κ3) is 4.99. The van der Waals surface area contributed by atoms with Crippen molar-refractivity contribution in [3.63, 3.8) is 0 Å². The van der Waals surface area contributed by atoms with Crippen LogP contribution in [0.4, 0.5) is 10.1 Å². The van der Waals surface area contributed by atoms with Crippen molar-refractivity contribution in [3.8, 4) is 0 Å². The Balaban J connectivity index is 1.36. The van der Waals surface area contributed by atoms with Crippen LogP contribution in [0.15, 0.2) is 54.6 Å². The van der Waals surface area contributed by atoms with Gasteiger partial charge in [-0.15, -0.1) is 0 Å². The number of piperazine rings is 2. The second-order valence-corrected chi connectivity index (χ2v) is 8.42. The lowest BCUT2D eigenvalue weighted by Gasteiger charge is -2.41. The predicted octanol–water partition coefficient (Wildman–Crippen LogP) is 2.12. The summed E-state index contributed by atoms with van der Waals surface area (Å²) in [6.45, 7) is 5.37. The second kappa shape index (κ2) is 10.0. The van der Waals surface area contributed by atoms with Crippen LogP contribution >= 0.6 is 0 Å². The Hall–Kier alpha value is -3.42. The first-order valence-corrected chi connectivity index (χ1v) is 11.4. The maximum Gasteiger partial charge on any atom is 0.312 e. The molecule has 0 N–H and O–H groups in total. The molecule has 2 fully saturated rings. The van der Waals surface area contributed by atoms with Gasteiger partial charge >= 0.3 is 11.8 Å². The van der Waals surface area contributed by atoms with E-state index in [1.54, 1.807) is 17.0 Å². The maximum atomic E-state index is 13.3. The van der Waals surface area contributed by atoms with Crippen molar-refractivity contribution >= 4 is 23.4 Å². The summed E-state index contributed by atoms with van der Waals surface area (Å²) < 4.78 is 13.1. The van der Waals surface area contributed by atoms with Crippen LogP contribution in [0.5, 0.6) is 0 Å². The van der Waals surface area contributed by atoms with Gasteiger partial charge in [0, 0.05) is 51.5 Å². The van der Waals surface area contributed by atoms with Crippen molar-refractivity contribution in [2.45, 2.75) is 25.9 Å². The summed E-state index contributed by atoms with van der Waals surface area (Å²) in [5.74, 6) is -1.71. The number of amides is 3. The summed E-state index contributed by atoms with van der Waals surface area (Å²) in [5, 5.41) is 0. The fraction of sp³-hybridized carbons (Fsp3) is 0.400. The number of carbonyl (C=O) groups excluding carboxylic acids is 3. The Morgan fingerprint density at radius 2 is 1.55 bits per heavy atom. The molecule has 0 unspecified atom stereocenters. The summed E-state index contributed by atoms with van der Waals surface area (Å²) in [7, 11) is 0. The third-order valence-electron chi connectivity index (χ3n) is 6.39. The number of hydrogen-bond donors (Lipinski definition) is 0. The highest BCUT2D eigenvalue weighted by Gasteiger charge is 2.40. The molecule has 174 valence electrons. The van der Waals surface area contributed by atoms with E-state index in [2.05, 4.69) is 17.0 Å². The minimum absolute atomic E-state index is 0.0988. The van der Waals surface area contributed by atoms with Crippen molar-refractivity contribution in [3.05, 3.63) is 66.0 Å². The van der Waals surface area contributed by atoms with Crippen LogP contribution < -0.4 is 4.90 Å². The zero-order chi connectivity index (χ0) is 23.4. The average Bonchev–Trinajstić information content (AvgIpc) is 2.85. The molecule has 0 saturated carbocycles. The first kappa shape index (κ1) is 22.8. The lowest BCUT2D eigenvalue weighted by molar-refractivity contribution is -0.161. The number of benzene rings is 2. The summed E-state index contributed by atoms with van der Waals surface area (Å²) in [6.07, 6.45) is 0.453. The van der Waals surface area contributed by atoms with Gasteiger partial charge in [-0.05, 0) is 36.2 Å². The summed E-state index contributed by atoms with van der Waals surface area (Å²) >= 11 is 0. The summed E-state index contributed by atoms with van der Waals surface area (Å²) in [4.78, 5) is 45.9. The molecule has 0 spiro atoms. The Bertz CT molecular complexity index is 990. The molecule has 33 heavy (non-hydrogen) atoms. The molecule has 0 aliphatic carbocycles. The zero-order valence-corrected chi connectivity index (χ0v) is 18.8. The highest BCUT2D eigenvalue weighted by molar-refractivity contribution is 6.35. The molecule has 2 heterocycles. The molecule has 8 heteroatoms. The lowest BCUT2D eigenvalue weighted by Crippen LogP contribution is -2.61. The first-order valence-electron chi connectivity index (χ1n) is 11.4. The Labute approximate surface area is 193 Å². The van der Waals surface area contributed by atoms with Crippen molar-refractivity contribution in [1.82, 2.24) is 14.7 Å². The molecule has 4 rings (SSSR count). The summed E-state index contributed by atoms with van der Waals surface area (Å²) in [6, 6.07) is 15.3. The van der Waals surface area contributed by atoms with Gasteiger partial charge < -0.3 is 19.6 Å². The molecule has 2 aliphatic rings. The third-order valence-corrected chi connectivity index (χ3v) is 6.39. The molecule has 3 amide bonds. The number of hydrogen-bond acceptors (Lipinski definition) is 4. The normalized spacial score (nSPS) is 18.0. The van der Waals surface area contributed by atoms with E-state index >= 15 is 0 Å². The molecule has 0 radical (unpaired) electrons. The van der Waals surface area contributed by atoms with Crippen molar-refractivity contribution in [2.75, 3.05) is 44.2 Å². The Kier molecular flexibility index (Phi) is 6.91. The van der Waals surface area contributed by atoms with E-state index in [-0.39, 0.29) is 18.3 Å². The maximum absolute atomic E-state index is 13.3. The molecule has 7 nitrogen and oxygen atoms in total. The zero-order valence-electron chi connectivity index (χ0n) is 18.8. The quantitative estimate of drug-likeness (QED) is 0.630. The second-order valence-electron chi connectivity index (χ2n) is 8.42. The van der Waals surface area contributed by atoms with Crippen LogP contribution in [0.2, 0.25) is 0 Å². The van der Waals surface area contributed by atoms with Gasteiger partial charge in [0.25, 0.3) is 0 Å². The molecular formula is C25H29FN4O3. The highest BCUT2D eigenvalue weighted by Crippen LogP contribution is 2.20. The molecule has 0 bridgehead atoms. The average molecular weight is 453 g/mol. The molecule has 2 aromatic carbocycles. The van der Waals surface area contributed by atoms with E-state index in [0.29, 0.717) is 32.6 Å². The van der Waals surface area contributed by atoms with Gasteiger partial charge in [0.15, 0.2) is 0 Å². The SMILES string of the molecule is CC[C@H](C(=O)N1CCN(c2ccccc2)CC1)N1CCN(Cc2ccc(F)cc2)C(=O)C1=O. The van der Waals surface area contributed by atoms with Crippen LogP contribution in [0.25, 0.3) is 0 Å². The molecule has 1 atom stereocenters. The smallest absolute Gasteiger partial charge is 0.312 e. The van der Waals surface area contributed by atoms with E-state index in [1.807, 2.05) is 25.1 Å². The van der Waals surface area contributed by atoms with Crippen LogP contribution in [0, 0.1) is 5.82 Å². The predicted molar refractivity (Wildman–Crippen MR) is 123 cm³/mol. The van der Waals surface area contributed by atoms with Gasteiger partial charge in [0.1, 0.15) is 11.9 Å². The molecule has 2 aliphatic heterocycles. The number of nitrogens with zero attached hydrogens (tertiary/aromatic N) is 4. The number of anilines is 1. The topological polar surface area (TPSA) is 64.2 Å². The highest BCUT2D eigenvalue weighted by atomic mass is 19.1. The summed E-state index contributed by atoms with van der Waals surface area (Å²) in [5.41, 5.74) is 1.89. The molecule has 0 aromatic heterocycles. The first-order chi connectivity index (χ1) is 16.0. The molecule has 2 aromatic rings. The van der Waals surface area contributed by atoms with Gasteiger partial charge in [-0.2, -0.15) is 0 Å². The van der Waals surface area contributed by atoms with Crippen LogP contribution in [-0.2, 0) is 20.9 Å². The van der Waals surface area contributed by atoms with Crippen molar-refractivity contribution < 1.29 is 18.8 Å². The standard InChI is InChI=1S/C25H29FN4O3/c1-2-22(23(31)28-14-12-27(13-15-28)21-6-4-3-5-7-21)30-17-16-29(24(32)25(30)33)18-19-8-10-20(26)11-9-19/h3-11,22H,2,12-18H2,1H3/t22-/m1/s1. The van der Waals surface area contributed by atoms with E-state index in [4.69, 9.17) is 0 Å². The minimum atomic E-state index is -0.647. The Morgan fingerprint density at radius 3 is 2.18 bits per heavy atom. The largest absolute Gasteiger partial charge is 0.368 e. The minimum Gasteiger partial charge on any atom is -0.368 e. The monoisotopic (exact) mass is 452 g/mol. The van der Waals surface area contributed by atoms with Gasteiger partial charge in [-0.1, -0.05) is 37.3 Å². The van der Waals surface area contributed by atoms with Gasteiger partial charge in [0.05, 0.1) is 0 Å². The van der Waals surface area contributed by atoms with Crippen LogP contribution in [0.3, 0.4) is 0 Å². The van der Waals surface area contributed by atoms with Crippen LogP contribution in [-0.4, -0.2) is 77.7 Å². The van der Waals surface area contributed by atoms with Gasteiger partial charge in [-0.3, -0.25) is 14.4 Å². The van der Waals surface area contributed by atoms with E-state index in [1.165, 1.54) is 21.9 Å². The Morgan fingerprint density at radius 1 is 0.879 bits per heavy atom. The van der Waals surface area contributed by atoms with Crippen molar-refractivity contribution in [1.29, 1.82) is 0 Å².